The maximum atomic E-state index is 11.5. The summed E-state index contributed by atoms with van der Waals surface area (Å²) in [6.07, 6.45) is 6.37. The van der Waals surface area contributed by atoms with E-state index < -0.39 is 0 Å². The number of rotatable bonds is 4. The molecule has 4 heterocycles. The smallest absolute Gasteiger partial charge is 0.266 e. The van der Waals surface area contributed by atoms with Crippen LogP contribution in [0.25, 0.3) is 0 Å². The zero-order valence-corrected chi connectivity index (χ0v) is 15.9. The molecule has 0 aliphatic carbocycles. The maximum Gasteiger partial charge on any atom is 0.266 e. The molecule has 0 amide bonds. The van der Waals surface area contributed by atoms with E-state index in [0.717, 1.165) is 68.8 Å². The van der Waals surface area contributed by atoms with E-state index in [4.69, 9.17) is 9.97 Å². The molecule has 0 unspecified atom stereocenters. The van der Waals surface area contributed by atoms with Gasteiger partial charge in [0.2, 0.25) is 5.95 Å². The van der Waals surface area contributed by atoms with Gasteiger partial charge >= 0.3 is 0 Å². The van der Waals surface area contributed by atoms with Gasteiger partial charge in [-0.05, 0) is 25.7 Å². The van der Waals surface area contributed by atoms with E-state index in [-0.39, 0.29) is 5.56 Å². The third-order valence-corrected chi connectivity index (χ3v) is 5.37. The van der Waals surface area contributed by atoms with Crippen molar-refractivity contribution in [1.29, 1.82) is 0 Å². The summed E-state index contributed by atoms with van der Waals surface area (Å²) in [6, 6.07) is 3.73. The van der Waals surface area contributed by atoms with E-state index in [1.807, 2.05) is 0 Å². The predicted octanol–water partition coefficient (Wildman–Crippen LogP) is 1.44. The molecular formula is C19H27N7O. The summed E-state index contributed by atoms with van der Waals surface area (Å²) >= 11 is 0. The molecule has 2 aromatic heterocycles. The number of hydrogen-bond acceptors (Lipinski definition) is 7. The quantitative estimate of drug-likeness (QED) is 0.873. The summed E-state index contributed by atoms with van der Waals surface area (Å²) in [6.45, 7) is 7.67. The van der Waals surface area contributed by atoms with E-state index in [1.165, 1.54) is 19.3 Å². The number of H-pyrrole nitrogens is 1. The van der Waals surface area contributed by atoms with Crippen LogP contribution >= 0.6 is 0 Å². The fraction of sp³-hybridized carbons (Fsp3) is 0.579. The summed E-state index contributed by atoms with van der Waals surface area (Å²) in [4.78, 5) is 28.0. The highest BCUT2D eigenvalue weighted by Gasteiger charge is 2.21. The topological polar surface area (TPSA) is 81.2 Å². The fourth-order valence-electron chi connectivity index (χ4n) is 3.78. The molecular weight excluding hydrogens is 342 g/mol. The Labute approximate surface area is 159 Å². The van der Waals surface area contributed by atoms with E-state index >= 15 is 0 Å². The molecule has 27 heavy (non-hydrogen) atoms. The third kappa shape index (κ3) is 4.04. The van der Waals surface area contributed by atoms with Gasteiger partial charge in [-0.1, -0.05) is 6.92 Å². The molecule has 0 spiro atoms. The molecule has 0 saturated carbocycles. The van der Waals surface area contributed by atoms with Gasteiger partial charge in [0, 0.05) is 57.1 Å². The highest BCUT2D eigenvalue weighted by Crippen LogP contribution is 2.23. The number of aromatic nitrogens is 4. The van der Waals surface area contributed by atoms with Crippen LogP contribution in [0.4, 0.5) is 17.5 Å². The summed E-state index contributed by atoms with van der Waals surface area (Å²) < 4.78 is 0. The molecule has 2 aliphatic heterocycles. The minimum atomic E-state index is -0.163. The van der Waals surface area contributed by atoms with Crippen molar-refractivity contribution < 1.29 is 0 Å². The van der Waals surface area contributed by atoms with Crippen LogP contribution in [0.3, 0.4) is 0 Å². The van der Waals surface area contributed by atoms with Crippen LogP contribution in [-0.2, 0) is 6.42 Å². The monoisotopic (exact) mass is 369 g/mol. The van der Waals surface area contributed by atoms with E-state index in [0.29, 0.717) is 0 Å². The van der Waals surface area contributed by atoms with Crippen LogP contribution in [0, 0.1) is 0 Å². The standard InChI is InChI=1S/C19H27N7O/c1-2-15-12-17(22-19(21-15)26-6-4-3-5-7-26)25-10-8-24(9-11-25)16-13-18(27)23-20-14-16/h12-14H,2-11H2,1H3,(H,23,27). The summed E-state index contributed by atoms with van der Waals surface area (Å²) in [7, 11) is 0. The second-order valence-electron chi connectivity index (χ2n) is 7.20. The summed E-state index contributed by atoms with van der Waals surface area (Å²) in [5, 5.41) is 6.33. The molecule has 0 bridgehead atoms. The maximum absolute atomic E-state index is 11.5. The lowest BCUT2D eigenvalue weighted by Crippen LogP contribution is -2.47. The van der Waals surface area contributed by atoms with Crippen molar-refractivity contribution in [3.63, 3.8) is 0 Å². The van der Waals surface area contributed by atoms with Crippen LogP contribution in [0.15, 0.2) is 23.1 Å². The van der Waals surface area contributed by atoms with Gasteiger partial charge in [-0.25, -0.2) is 10.1 Å². The minimum absolute atomic E-state index is 0.163. The van der Waals surface area contributed by atoms with Gasteiger partial charge in [0.1, 0.15) is 5.82 Å². The first-order chi connectivity index (χ1) is 13.2. The molecule has 2 fully saturated rings. The van der Waals surface area contributed by atoms with Gasteiger partial charge in [-0.3, -0.25) is 4.79 Å². The van der Waals surface area contributed by atoms with Gasteiger partial charge in [0.15, 0.2) is 0 Å². The number of aryl methyl sites for hydroxylation is 1. The number of piperidine rings is 1. The van der Waals surface area contributed by atoms with Gasteiger partial charge in [-0.2, -0.15) is 10.1 Å². The number of anilines is 3. The van der Waals surface area contributed by atoms with E-state index in [9.17, 15) is 4.79 Å². The summed E-state index contributed by atoms with van der Waals surface area (Å²) in [5.41, 5.74) is 1.82. The zero-order chi connectivity index (χ0) is 18.6. The molecule has 8 heteroatoms. The van der Waals surface area contributed by atoms with Gasteiger partial charge in [0.05, 0.1) is 11.9 Å². The van der Waals surface area contributed by atoms with Crippen molar-refractivity contribution in [1.82, 2.24) is 20.2 Å². The Kier molecular flexibility index (Phi) is 5.22. The molecule has 2 aliphatic rings. The lowest BCUT2D eigenvalue weighted by molar-refractivity contribution is 0.566. The minimum Gasteiger partial charge on any atom is -0.367 e. The molecule has 4 rings (SSSR count). The first-order valence-electron chi connectivity index (χ1n) is 9.90. The van der Waals surface area contributed by atoms with E-state index in [2.05, 4.69) is 37.9 Å². The Morgan fingerprint density at radius 1 is 0.926 bits per heavy atom. The van der Waals surface area contributed by atoms with Crippen LogP contribution < -0.4 is 20.3 Å². The number of aromatic amines is 1. The third-order valence-electron chi connectivity index (χ3n) is 5.37. The largest absolute Gasteiger partial charge is 0.367 e. The Morgan fingerprint density at radius 2 is 1.67 bits per heavy atom. The predicted molar refractivity (Wildman–Crippen MR) is 107 cm³/mol. The average Bonchev–Trinajstić information content (AvgIpc) is 2.74. The molecule has 8 nitrogen and oxygen atoms in total. The van der Waals surface area contributed by atoms with Crippen LogP contribution in [0.2, 0.25) is 0 Å². The molecule has 2 aromatic rings. The first kappa shape index (κ1) is 17.8. The fourth-order valence-corrected chi connectivity index (χ4v) is 3.78. The van der Waals surface area contributed by atoms with Crippen molar-refractivity contribution in [2.24, 2.45) is 0 Å². The van der Waals surface area contributed by atoms with Crippen molar-refractivity contribution in [2.75, 3.05) is 54.0 Å². The van der Waals surface area contributed by atoms with E-state index in [1.54, 1.807) is 12.3 Å². The Balaban J connectivity index is 1.49. The molecule has 0 atom stereocenters. The van der Waals surface area contributed by atoms with Crippen molar-refractivity contribution in [2.45, 2.75) is 32.6 Å². The molecule has 144 valence electrons. The molecule has 0 radical (unpaired) electrons. The number of piperazine rings is 1. The van der Waals surface area contributed by atoms with Crippen molar-refractivity contribution in [3.8, 4) is 0 Å². The van der Waals surface area contributed by atoms with Gasteiger partial charge in [-0.15, -0.1) is 0 Å². The lowest BCUT2D eigenvalue weighted by Gasteiger charge is -2.37. The van der Waals surface area contributed by atoms with Gasteiger partial charge in [0.25, 0.3) is 5.56 Å². The van der Waals surface area contributed by atoms with Crippen molar-refractivity contribution >= 4 is 17.5 Å². The summed E-state index contributed by atoms with van der Waals surface area (Å²) in [5.74, 6) is 1.90. The second kappa shape index (κ2) is 7.94. The number of hydrogen-bond donors (Lipinski definition) is 1. The lowest BCUT2D eigenvalue weighted by atomic mass is 10.1. The molecule has 2 saturated heterocycles. The zero-order valence-electron chi connectivity index (χ0n) is 15.9. The SMILES string of the molecule is CCc1cc(N2CCN(c3cn[nH]c(=O)c3)CC2)nc(N2CCCCC2)n1. The Morgan fingerprint density at radius 3 is 2.37 bits per heavy atom. The first-order valence-corrected chi connectivity index (χ1v) is 9.90. The highest BCUT2D eigenvalue weighted by atomic mass is 16.1. The number of nitrogens with zero attached hydrogens (tertiary/aromatic N) is 6. The van der Waals surface area contributed by atoms with Crippen molar-refractivity contribution in [3.05, 3.63) is 34.4 Å². The van der Waals surface area contributed by atoms with Crippen LogP contribution in [0.5, 0.6) is 0 Å². The second-order valence-corrected chi connectivity index (χ2v) is 7.20. The normalized spacial score (nSPS) is 18.0. The Bertz CT molecular complexity index is 823. The van der Waals surface area contributed by atoms with Crippen LogP contribution in [0.1, 0.15) is 31.9 Å². The Hall–Kier alpha value is -2.64. The van der Waals surface area contributed by atoms with Crippen LogP contribution in [-0.4, -0.2) is 59.4 Å². The average molecular weight is 369 g/mol. The highest BCUT2D eigenvalue weighted by molar-refractivity contribution is 5.50. The molecule has 0 aromatic carbocycles. The van der Waals surface area contributed by atoms with Gasteiger partial charge < -0.3 is 14.7 Å². The molecule has 1 N–H and O–H groups in total. The number of nitrogens with one attached hydrogen (secondary N) is 1.